The van der Waals surface area contributed by atoms with Gasteiger partial charge in [0.1, 0.15) is 11.9 Å². The molecule has 3 N–H and O–H groups in total. The molecule has 1 aliphatic carbocycles. The largest absolute Gasteiger partial charge is 0.489 e. The molecule has 22 heavy (non-hydrogen) atoms. The van der Waals surface area contributed by atoms with Gasteiger partial charge in [-0.05, 0) is 49.9 Å². The first-order chi connectivity index (χ1) is 10.0. The second-order valence-electron chi connectivity index (χ2n) is 5.75. The summed E-state index contributed by atoms with van der Waals surface area (Å²) in [4.78, 5) is 11.9. The Balaban J connectivity index is 0.00000242. The first-order valence-electron chi connectivity index (χ1n) is 7.49. The minimum atomic E-state index is -0.0626. The Kier molecular flexibility index (Phi) is 8.21. The summed E-state index contributed by atoms with van der Waals surface area (Å²) < 4.78 is 6.77. The SMILES string of the molecule is CC(CNC(=O)C[C@@H]1CCC[C@H]1N)Oc1ccc(Br)cc1.Cl. The molecule has 0 bridgehead atoms. The lowest BCUT2D eigenvalue weighted by Crippen LogP contribution is -2.36. The summed E-state index contributed by atoms with van der Waals surface area (Å²) >= 11 is 3.39. The molecule has 1 aliphatic rings. The Bertz CT molecular complexity index is 470. The highest BCUT2D eigenvalue weighted by molar-refractivity contribution is 9.10. The molecule has 1 aromatic rings. The van der Waals surface area contributed by atoms with Crippen molar-refractivity contribution in [2.24, 2.45) is 11.7 Å². The molecule has 0 saturated heterocycles. The second-order valence-corrected chi connectivity index (χ2v) is 6.66. The molecular formula is C16H24BrClN2O2. The van der Waals surface area contributed by atoms with Gasteiger partial charge in [-0.3, -0.25) is 4.79 Å². The molecule has 1 unspecified atom stereocenters. The Morgan fingerprint density at radius 2 is 2.09 bits per heavy atom. The highest BCUT2D eigenvalue weighted by Crippen LogP contribution is 2.26. The van der Waals surface area contributed by atoms with E-state index in [-0.39, 0.29) is 30.5 Å². The van der Waals surface area contributed by atoms with Crippen molar-refractivity contribution in [2.75, 3.05) is 6.54 Å². The summed E-state index contributed by atoms with van der Waals surface area (Å²) in [5.74, 6) is 1.22. The third kappa shape index (κ3) is 6.15. The Morgan fingerprint density at radius 3 is 2.68 bits per heavy atom. The Hall–Kier alpha value is -0.780. The van der Waals surface area contributed by atoms with Crippen LogP contribution in [0.25, 0.3) is 0 Å². The number of halogens is 2. The van der Waals surface area contributed by atoms with Crippen LogP contribution >= 0.6 is 28.3 Å². The highest BCUT2D eigenvalue weighted by Gasteiger charge is 2.26. The fourth-order valence-corrected chi connectivity index (χ4v) is 2.94. The fraction of sp³-hybridized carbons (Fsp3) is 0.562. The maximum atomic E-state index is 11.9. The molecule has 1 aromatic carbocycles. The number of ether oxygens (including phenoxy) is 1. The van der Waals surface area contributed by atoms with Crippen LogP contribution in [0.15, 0.2) is 28.7 Å². The molecular weight excluding hydrogens is 368 g/mol. The van der Waals surface area contributed by atoms with Crippen molar-refractivity contribution in [3.63, 3.8) is 0 Å². The number of nitrogens with one attached hydrogen (secondary N) is 1. The van der Waals surface area contributed by atoms with Crippen LogP contribution in [0.5, 0.6) is 5.75 Å². The monoisotopic (exact) mass is 390 g/mol. The Morgan fingerprint density at radius 1 is 1.41 bits per heavy atom. The van der Waals surface area contributed by atoms with E-state index < -0.39 is 0 Å². The number of rotatable bonds is 6. The summed E-state index contributed by atoms with van der Waals surface area (Å²) in [5.41, 5.74) is 5.99. The molecule has 1 saturated carbocycles. The molecule has 4 nitrogen and oxygen atoms in total. The van der Waals surface area contributed by atoms with E-state index in [1.165, 1.54) is 0 Å². The summed E-state index contributed by atoms with van der Waals surface area (Å²) in [6.45, 7) is 2.46. The van der Waals surface area contributed by atoms with Gasteiger partial charge in [0.05, 0.1) is 6.54 Å². The van der Waals surface area contributed by atoms with E-state index >= 15 is 0 Å². The zero-order valence-corrected chi connectivity index (χ0v) is 15.2. The minimum absolute atomic E-state index is 0. The number of hydrogen-bond donors (Lipinski definition) is 2. The van der Waals surface area contributed by atoms with Crippen molar-refractivity contribution in [2.45, 2.75) is 44.8 Å². The van der Waals surface area contributed by atoms with Crippen LogP contribution in [0.2, 0.25) is 0 Å². The van der Waals surface area contributed by atoms with Crippen LogP contribution in [0.1, 0.15) is 32.6 Å². The molecule has 0 aromatic heterocycles. The molecule has 0 heterocycles. The molecule has 2 rings (SSSR count). The molecule has 0 radical (unpaired) electrons. The summed E-state index contributed by atoms with van der Waals surface area (Å²) in [6, 6.07) is 7.86. The zero-order chi connectivity index (χ0) is 15.2. The number of nitrogens with two attached hydrogens (primary N) is 1. The highest BCUT2D eigenvalue weighted by atomic mass is 79.9. The maximum Gasteiger partial charge on any atom is 0.220 e. The number of carbonyl (C=O) groups is 1. The molecule has 1 amide bonds. The predicted molar refractivity (Wildman–Crippen MR) is 94.4 cm³/mol. The van der Waals surface area contributed by atoms with Crippen molar-refractivity contribution < 1.29 is 9.53 Å². The number of carbonyl (C=O) groups excluding carboxylic acids is 1. The lowest BCUT2D eigenvalue weighted by molar-refractivity contribution is -0.122. The topological polar surface area (TPSA) is 64.4 Å². The van der Waals surface area contributed by atoms with Gasteiger partial charge in [-0.25, -0.2) is 0 Å². The number of hydrogen-bond acceptors (Lipinski definition) is 3. The van der Waals surface area contributed by atoms with Gasteiger partial charge in [-0.1, -0.05) is 22.4 Å². The average Bonchev–Trinajstić information content (AvgIpc) is 2.85. The third-order valence-corrected chi connectivity index (χ3v) is 4.43. The lowest BCUT2D eigenvalue weighted by Gasteiger charge is -2.18. The average molecular weight is 392 g/mol. The van der Waals surface area contributed by atoms with Gasteiger partial charge in [0.2, 0.25) is 5.91 Å². The molecule has 0 aliphatic heterocycles. The molecule has 1 fully saturated rings. The van der Waals surface area contributed by atoms with Gasteiger partial charge in [-0.2, -0.15) is 0 Å². The van der Waals surface area contributed by atoms with E-state index in [9.17, 15) is 4.79 Å². The fourth-order valence-electron chi connectivity index (χ4n) is 2.67. The third-order valence-electron chi connectivity index (χ3n) is 3.90. The lowest BCUT2D eigenvalue weighted by atomic mass is 10.00. The Labute approximate surface area is 146 Å². The predicted octanol–water partition coefficient (Wildman–Crippen LogP) is 3.27. The molecule has 124 valence electrons. The first-order valence-corrected chi connectivity index (χ1v) is 8.28. The summed E-state index contributed by atoms with van der Waals surface area (Å²) in [7, 11) is 0. The van der Waals surface area contributed by atoms with Gasteiger partial charge in [0, 0.05) is 16.9 Å². The van der Waals surface area contributed by atoms with Crippen molar-refractivity contribution in [3.05, 3.63) is 28.7 Å². The van der Waals surface area contributed by atoms with Gasteiger partial charge in [0.25, 0.3) is 0 Å². The van der Waals surface area contributed by atoms with Crippen LogP contribution in [0, 0.1) is 5.92 Å². The minimum Gasteiger partial charge on any atom is -0.489 e. The molecule has 6 heteroatoms. The molecule has 3 atom stereocenters. The normalized spacial score (nSPS) is 21.8. The van der Waals surface area contributed by atoms with E-state index in [4.69, 9.17) is 10.5 Å². The first kappa shape index (κ1) is 19.3. The van der Waals surface area contributed by atoms with Crippen LogP contribution in [-0.4, -0.2) is 24.6 Å². The van der Waals surface area contributed by atoms with E-state index in [0.29, 0.717) is 18.9 Å². The van der Waals surface area contributed by atoms with Crippen molar-refractivity contribution in [1.29, 1.82) is 0 Å². The molecule has 0 spiro atoms. The van der Waals surface area contributed by atoms with Gasteiger partial charge in [0.15, 0.2) is 0 Å². The van der Waals surface area contributed by atoms with Crippen molar-refractivity contribution >= 4 is 34.2 Å². The van der Waals surface area contributed by atoms with Gasteiger partial charge in [-0.15, -0.1) is 12.4 Å². The van der Waals surface area contributed by atoms with Gasteiger partial charge >= 0.3 is 0 Å². The van der Waals surface area contributed by atoms with E-state index in [1.54, 1.807) is 0 Å². The number of amides is 1. The van der Waals surface area contributed by atoms with Gasteiger partial charge < -0.3 is 15.8 Å². The number of benzene rings is 1. The quantitative estimate of drug-likeness (QED) is 0.782. The summed E-state index contributed by atoms with van der Waals surface area (Å²) in [6.07, 6.45) is 3.72. The van der Waals surface area contributed by atoms with Crippen LogP contribution in [0.3, 0.4) is 0 Å². The van der Waals surface area contributed by atoms with E-state index in [2.05, 4.69) is 21.2 Å². The van der Waals surface area contributed by atoms with Crippen molar-refractivity contribution in [3.8, 4) is 5.75 Å². The van der Waals surface area contributed by atoms with Crippen LogP contribution in [0.4, 0.5) is 0 Å². The van der Waals surface area contributed by atoms with Crippen molar-refractivity contribution in [1.82, 2.24) is 5.32 Å². The smallest absolute Gasteiger partial charge is 0.220 e. The summed E-state index contributed by atoms with van der Waals surface area (Å²) in [5, 5.41) is 2.93. The van der Waals surface area contributed by atoms with E-state index in [0.717, 1.165) is 29.5 Å². The standard InChI is InChI=1S/C16H23BrN2O2.ClH/c1-11(21-14-7-5-13(17)6-8-14)10-19-16(20)9-12-3-2-4-15(12)18;/h5-8,11-12,15H,2-4,9-10,18H2,1H3,(H,19,20);1H/t11?,12-,15+;/m0./s1. The van der Waals surface area contributed by atoms with E-state index in [1.807, 2.05) is 31.2 Å². The second kappa shape index (κ2) is 9.38. The maximum absolute atomic E-state index is 11.9. The zero-order valence-electron chi connectivity index (χ0n) is 12.8. The van der Waals surface area contributed by atoms with Crippen LogP contribution in [-0.2, 0) is 4.79 Å². The van der Waals surface area contributed by atoms with Crippen LogP contribution < -0.4 is 15.8 Å².